The number of hydrogen-bond acceptors (Lipinski definition) is 2. The van der Waals surface area contributed by atoms with Gasteiger partial charge in [0.1, 0.15) is 11.5 Å². The highest BCUT2D eigenvalue weighted by molar-refractivity contribution is 5.20. The first-order valence-electron chi connectivity index (χ1n) is 8.03. The van der Waals surface area contributed by atoms with Gasteiger partial charge in [0.15, 0.2) is 0 Å². The lowest BCUT2D eigenvalue weighted by atomic mass is 9.88. The second-order valence-electron chi connectivity index (χ2n) is 5.80. The van der Waals surface area contributed by atoms with Crippen LogP contribution in [0.4, 0.5) is 0 Å². The van der Waals surface area contributed by atoms with Crippen molar-refractivity contribution in [2.24, 2.45) is 5.92 Å². The van der Waals surface area contributed by atoms with E-state index in [-0.39, 0.29) is 6.04 Å². The summed E-state index contributed by atoms with van der Waals surface area (Å²) < 4.78 is 5.77. The van der Waals surface area contributed by atoms with Crippen LogP contribution in [-0.4, -0.2) is 0 Å². The van der Waals surface area contributed by atoms with E-state index in [9.17, 15) is 0 Å². The average molecular weight is 285 g/mol. The van der Waals surface area contributed by atoms with Crippen LogP contribution in [0.2, 0.25) is 0 Å². The third-order valence-corrected chi connectivity index (χ3v) is 4.30. The summed E-state index contributed by atoms with van der Waals surface area (Å²) in [7, 11) is 0. The minimum absolute atomic E-state index is 0.213. The summed E-state index contributed by atoms with van der Waals surface area (Å²) >= 11 is 0. The minimum atomic E-state index is 0.213. The molecule has 0 bridgehead atoms. The molecule has 114 valence electrons. The van der Waals surface area contributed by atoms with E-state index >= 15 is 0 Å². The predicted molar refractivity (Wildman–Crippen MR) is 88.3 cm³/mol. The second-order valence-corrected chi connectivity index (χ2v) is 5.80. The minimum Gasteiger partial charge on any atom is -0.465 e. The van der Waals surface area contributed by atoms with E-state index in [1.165, 1.54) is 18.4 Å². The molecular formula is C19H27NO. The summed E-state index contributed by atoms with van der Waals surface area (Å²) in [6.07, 6.45) is 2.35. The lowest BCUT2D eigenvalue weighted by molar-refractivity contribution is 0.296. The Balaban J connectivity index is 2.19. The molecular weight excluding hydrogens is 258 g/mol. The third-order valence-electron chi connectivity index (χ3n) is 4.30. The zero-order chi connectivity index (χ0) is 15.2. The van der Waals surface area contributed by atoms with E-state index in [1.807, 2.05) is 13.0 Å². The molecule has 0 aliphatic heterocycles. The summed E-state index contributed by atoms with van der Waals surface area (Å²) in [4.78, 5) is 0. The highest BCUT2D eigenvalue weighted by atomic mass is 16.3. The molecule has 2 atom stereocenters. The first kappa shape index (κ1) is 15.8. The monoisotopic (exact) mass is 285 g/mol. The van der Waals surface area contributed by atoms with E-state index in [0.717, 1.165) is 11.5 Å². The summed E-state index contributed by atoms with van der Waals surface area (Å²) in [5, 5.41) is 3.77. The zero-order valence-electron chi connectivity index (χ0n) is 13.6. The molecule has 2 heteroatoms. The van der Waals surface area contributed by atoms with Crippen molar-refractivity contribution in [1.82, 2.24) is 5.32 Å². The molecule has 0 radical (unpaired) electrons. The van der Waals surface area contributed by atoms with Crippen LogP contribution in [0.5, 0.6) is 0 Å². The topological polar surface area (TPSA) is 25.2 Å². The Morgan fingerprint density at radius 3 is 2.19 bits per heavy atom. The summed E-state index contributed by atoms with van der Waals surface area (Å²) in [5.41, 5.74) is 1.36. The summed E-state index contributed by atoms with van der Waals surface area (Å²) in [5.74, 6) is 2.61. The molecule has 21 heavy (non-hydrogen) atoms. The van der Waals surface area contributed by atoms with Gasteiger partial charge in [-0.2, -0.15) is 0 Å². The Hall–Kier alpha value is -1.54. The van der Waals surface area contributed by atoms with Crippen molar-refractivity contribution in [3.8, 4) is 0 Å². The number of nitrogens with one attached hydrogen (secondary N) is 1. The van der Waals surface area contributed by atoms with Crippen LogP contribution in [0.25, 0.3) is 0 Å². The van der Waals surface area contributed by atoms with Gasteiger partial charge < -0.3 is 9.73 Å². The maximum Gasteiger partial charge on any atom is 0.120 e. The average Bonchev–Trinajstić information content (AvgIpc) is 2.95. The highest BCUT2D eigenvalue weighted by Crippen LogP contribution is 2.30. The van der Waals surface area contributed by atoms with Gasteiger partial charge >= 0.3 is 0 Å². The molecule has 0 amide bonds. The van der Waals surface area contributed by atoms with Crippen LogP contribution in [0.15, 0.2) is 46.9 Å². The van der Waals surface area contributed by atoms with E-state index < -0.39 is 0 Å². The van der Waals surface area contributed by atoms with Crippen molar-refractivity contribution in [3.63, 3.8) is 0 Å². The molecule has 0 aliphatic carbocycles. The van der Waals surface area contributed by atoms with Crippen LogP contribution in [0.1, 0.15) is 62.8 Å². The molecule has 1 aromatic heterocycles. The number of aryl methyl sites for hydroxylation is 1. The van der Waals surface area contributed by atoms with Crippen molar-refractivity contribution in [1.29, 1.82) is 0 Å². The van der Waals surface area contributed by atoms with Gasteiger partial charge in [0.2, 0.25) is 0 Å². The number of benzene rings is 1. The summed E-state index contributed by atoms with van der Waals surface area (Å²) in [6.45, 7) is 8.71. The Morgan fingerprint density at radius 1 is 1.00 bits per heavy atom. The van der Waals surface area contributed by atoms with E-state index in [4.69, 9.17) is 4.42 Å². The van der Waals surface area contributed by atoms with Crippen LogP contribution in [0.3, 0.4) is 0 Å². The molecule has 0 spiro atoms. The maximum absolute atomic E-state index is 5.77. The molecule has 1 N–H and O–H groups in total. The number of furan rings is 1. The quantitative estimate of drug-likeness (QED) is 0.735. The molecule has 1 heterocycles. The highest BCUT2D eigenvalue weighted by Gasteiger charge is 2.23. The van der Waals surface area contributed by atoms with Gasteiger partial charge in [-0.3, -0.25) is 0 Å². The molecule has 0 saturated carbocycles. The third kappa shape index (κ3) is 3.98. The molecule has 2 unspecified atom stereocenters. The first-order chi connectivity index (χ1) is 10.2. The van der Waals surface area contributed by atoms with Gasteiger partial charge in [-0.1, -0.05) is 57.0 Å². The van der Waals surface area contributed by atoms with E-state index in [0.29, 0.717) is 12.0 Å². The Kier molecular flexibility index (Phi) is 5.63. The molecule has 1 aromatic carbocycles. The summed E-state index contributed by atoms with van der Waals surface area (Å²) in [6, 6.07) is 15.4. The van der Waals surface area contributed by atoms with Gasteiger partial charge in [-0.25, -0.2) is 0 Å². The molecule has 0 aliphatic rings. The normalized spacial score (nSPS) is 14.3. The van der Waals surface area contributed by atoms with Gasteiger partial charge in [-0.05, 0) is 37.5 Å². The van der Waals surface area contributed by atoms with Crippen molar-refractivity contribution in [3.05, 3.63) is 59.5 Å². The number of hydrogen-bond donors (Lipinski definition) is 1. The zero-order valence-corrected chi connectivity index (χ0v) is 13.6. The number of rotatable bonds is 7. The Labute approximate surface area is 128 Å². The SMILES string of the molecule is CCC(CC)C(NC(C)c1ccc(C)o1)c1ccccc1. The van der Waals surface area contributed by atoms with Crippen molar-refractivity contribution < 1.29 is 4.42 Å². The van der Waals surface area contributed by atoms with Crippen molar-refractivity contribution in [2.45, 2.75) is 52.6 Å². The largest absolute Gasteiger partial charge is 0.465 e. The standard InChI is InChI=1S/C19H27NO/c1-5-16(6-2)19(17-10-8-7-9-11-17)20-15(4)18-13-12-14(3)21-18/h7-13,15-16,19-20H,5-6H2,1-4H3. The first-order valence-corrected chi connectivity index (χ1v) is 8.03. The molecule has 2 rings (SSSR count). The molecule has 0 saturated heterocycles. The lowest BCUT2D eigenvalue weighted by Gasteiger charge is -2.29. The Bertz CT molecular complexity index is 528. The van der Waals surface area contributed by atoms with Gasteiger partial charge in [0.25, 0.3) is 0 Å². The molecule has 2 aromatic rings. The van der Waals surface area contributed by atoms with Crippen molar-refractivity contribution >= 4 is 0 Å². The van der Waals surface area contributed by atoms with Crippen LogP contribution < -0.4 is 5.32 Å². The smallest absolute Gasteiger partial charge is 0.120 e. The van der Waals surface area contributed by atoms with Gasteiger partial charge in [-0.15, -0.1) is 0 Å². The van der Waals surface area contributed by atoms with Crippen LogP contribution in [-0.2, 0) is 0 Å². The van der Waals surface area contributed by atoms with E-state index in [2.05, 4.69) is 62.5 Å². The van der Waals surface area contributed by atoms with Crippen molar-refractivity contribution in [2.75, 3.05) is 0 Å². The van der Waals surface area contributed by atoms with E-state index in [1.54, 1.807) is 0 Å². The lowest BCUT2D eigenvalue weighted by Crippen LogP contribution is -2.30. The van der Waals surface area contributed by atoms with Gasteiger partial charge in [0.05, 0.1) is 6.04 Å². The fraction of sp³-hybridized carbons (Fsp3) is 0.474. The maximum atomic E-state index is 5.77. The second kappa shape index (κ2) is 7.46. The van der Waals surface area contributed by atoms with Gasteiger partial charge in [0, 0.05) is 6.04 Å². The van der Waals surface area contributed by atoms with Crippen LogP contribution in [0, 0.1) is 12.8 Å². The molecule has 0 fully saturated rings. The fourth-order valence-corrected chi connectivity index (χ4v) is 2.96. The fourth-order valence-electron chi connectivity index (χ4n) is 2.96. The van der Waals surface area contributed by atoms with Crippen LogP contribution >= 0.6 is 0 Å². The Morgan fingerprint density at radius 2 is 1.67 bits per heavy atom. The predicted octanol–water partition coefficient (Wildman–Crippen LogP) is 5.42. The molecule has 2 nitrogen and oxygen atoms in total.